The molecule has 6 nitrogen and oxygen atoms in total. The number of ether oxygens (including phenoxy) is 1. The van der Waals surface area contributed by atoms with Gasteiger partial charge in [0, 0.05) is 24.3 Å². The van der Waals surface area contributed by atoms with Crippen LogP contribution >= 0.6 is 0 Å². The number of fused-ring (bicyclic) bond motifs is 1. The Bertz CT molecular complexity index is 1000. The van der Waals surface area contributed by atoms with Gasteiger partial charge in [-0.1, -0.05) is 26.7 Å². The van der Waals surface area contributed by atoms with Crippen LogP contribution in [-0.2, 0) is 6.54 Å². The number of amides is 1. The number of carbonyl (C=O) groups excluding carboxylic acids is 1. The van der Waals surface area contributed by atoms with E-state index in [2.05, 4.69) is 23.4 Å². The van der Waals surface area contributed by atoms with Crippen molar-refractivity contribution in [1.29, 1.82) is 0 Å². The Labute approximate surface area is 177 Å². The van der Waals surface area contributed by atoms with E-state index in [0.29, 0.717) is 30.6 Å². The molecule has 1 aliphatic carbocycles. The quantitative estimate of drug-likeness (QED) is 0.563. The number of benzene rings is 1. The summed E-state index contributed by atoms with van der Waals surface area (Å²) in [6, 6.07) is 11.7. The molecule has 0 aliphatic heterocycles. The van der Waals surface area contributed by atoms with Crippen LogP contribution in [0.3, 0.4) is 0 Å². The van der Waals surface area contributed by atoms with E-state index in [4.69, 9.17) is 9.72 Å². The monoisotopic (exact) mass is 406 g/mol. The lowest BCUT2D eigenvalue weighted by molar-refractivity contribution is 0.0715. The number of carbonyl (C=O) groups is 1. The van der Waals surface area contributed by atoms with Crippen LogP contribution in [0.2, 0.25) is 0 Å². The van der Waals surface area contributed by atoms with Crippen molar-refractivity contribution in [3.8, 4) is 5.75 Å². The third-order valence-electron chi connectivity index (χ3n) is 5.75. The highest BCUT2D eigenvalue weighted by molar-refractivity contribution is 5.94. The summed E-state index contributed by atoms with van der Waals surface area (Å²) in [4.78, 5) is 24.8. The highest BCUT2D eigenvalue weighted by Gasteiger charge is 2.26. The second-order valence-electron chi connectivity index (χ2n) is 8.49. The van der Waals surface area contributed by atoms with Crippen molar-refractivity contribution in [3.63, 3.8) is 0 Å². The van der Waals surface area contributed by atoms with Crippen LogP contribution in [0.1, 0.15) is 61.8 Å². The Morgan fingerprint density at radius 3 is 2.60 bits per heavy atom. The number of imidazole rings is 1. The number of hydrogen-bond acceptors (Lipinski definition) is 4. The van der Waals surface area contributed by atoms with Gasteiger partial charge in [0.15, 0.2) is 5.65 Å². The Balaban J connectivity index is 1.68. The van der Waals surface area contributed by atoms with Crippen LogP contribution < -0.4 is 4.74 Å². The fourth-order valence-electron chi connectivity index (χ4n) is 4.38. The average molecular weight is 407 g/mol. The number of pyridine rings is 1. The van der Waals surface area contributed by atoms with E-state index in [-0.39, 0.29) is 5.91 Å². The Morgan fingerprint density at radius 2 is 1.93 bits per heavy atom. The van der Waals surface area contributed by atoms with Gasteiger partial charge in [0.1, 0.15) is 17.1 Å². The van der Waals surface area contributed by atoms with Gasteiger partial charge in [0.05, 0.1) is 13.7 Å². The van der Waals surface area contributed by atoms with E-state index in [1.165, 1.54) is 12.8 Å². The summed E-state index contributed by atoms with van der Waals surface area (Å²) in [7, 11) is 1.63. The normalized spacial score (nSPS) is 14.5. The molecule has 0 spiro atoms. The molecule has 1 aromatic carbocycles. The number of rotatable bonds is 7. The predicted octanol–water partition coefficient (Wildman–Crippen LogP) is 4.85. The van der Waals surface area contributed by atoms with Crippen molar-refractivity contribution in [1.82, 2.24) is 19.4 Å². The van der Waals surface area contributed by atoms with Crippen LogP contribution in [0.5, 0.6) is 5.75 Å². The molecule has 0 unspecified atom stereocenters. The van der Waals surface area contributed by atoms with Crippen LogP contribution in [0.25, 0.3) is 11.2 Å². The maximum Gasteiger partial charge on any atom is 0.254 e. The van der Waals surface area contributed by atoms with E-state index in [1.54, 1.807) is 7.11 Å². The molecule has 1 fully saturated rings. The van der Waals surface area contributed by atoms with E-state index < -0.39 is 0 Å². The molecule has 0 radical (unpaired) electrons. The van der Waals surface area contributed by atoms with Crippen LogP contribution in [0.15, 0.2) is 42.6 Å². The Hall–Kier alpha value is -2.89. The minimum Gasteiger partial charge on any atom is -0.497 e. The van der Waals surface area contributed by atoms with Crippen molar-refractivity contribution in [2.75, 3.05) is 13.7 Å². The zero-order valence-electron chi connectivity index (χ0n) is 18.0. The molecule has 1 saturated carbocycles. The largest absolute Gasteiger partial charge is 0.497 e. The molecule has 0 N–H and O–H groups in total. The summed E-state index contributed by atoms with van der Waals surface area (Å²) in [5.41, 5.74) is 2.50. The molecule has 1 amide bonds. The summed E-state index contributed by atoms with van der Waals surface area (Å²) in [6.07, 6.45) is 6.58. The molecular formula is C24H30N4O2. The average Bonchev–Trinajstić information content (AvgIpc) is 3.39. The van der Waals surface area contributed by atoms with E-state index in [9.17, 15) is 4.79 Å². The van der Waals surface area contributed by atoms with Crippen LogP contribution in [0.4, 0.5) is 0 Å². The third kappa shape index (κ3) is 4.18. The fraction of sp³-hybridized carbons (Fsp3) is 0.458. The first-order valence-corrected chi connectivity index (χ1v) is 10.8. The molecule has 2 aromatic heterocycles. The first kappa shape index (κ1) is 20.4. The number of hydrogen-bond donors (Lipinski definition) is 0. The molecule has 0 bridgehead atoms. The van der Waals surface area contributed by atoms with Gasteiger partial charge in [-0.2, -0.15) is 0 Å². The predicted molar refractivity (Wildman–Crippen MR) is 118 cm³/mol. The molecule has 4 rings (SSSR count). The van der Waals surface area contributed by atoms with Crippen molar-refractivity contribution in [3.05, 3.63) is 54.0 Å². The fourth-order valence-corrected chi connectivity index (χ4v) is 4.38. The van der Waals surface area contributed by atoms with Gasteiger partial charge < -0.3 is 14.2 Å². The zero-order valence-corrected chi connectivity index (χ0v) is 18.0. The topological polar surface area (TPSA) is 60.2 Å². The molecule has 30 heavy (non-hydrogen) atoms. The maximum absolute atomic E-state index is 13.4. The maximum atomic E-state index is 13.4. The summed E-state index contributed by atoms with van der Waals surface area (Å²) in [6.45, 7) is 5.42. The van der Waals surface area contributed by atoms with Crippen LogP contribution in [-0.4, -0.2) is 39.0 Å². The minimum atomic E-state index is 0.0179. The smallest absolute Gasteiger partial charge is 0.254 e. The van der Waals surface area contributed by atoms with Crippen LogP contribution in [0, 0.1) is 5.92 Å². The lowest BCUT2D eigenvalue weighted by atomic mass is 10.1. The van der Waals surface area contributed by atoms with Crippen molar-refractivity contribution < 1.29 is 9.53 Å². The molecule has 0 saturated heterocycles. The third-order valence-corrected chi connectivity index (χ3v) is 5.75. The molecule has 158 valence electrons. The molecule has 6 heteroatoms. The molecule has 3 aromatic rings. The van der Waals surface area contributed by atoms with E-state index in [0.717, 1.165) is 35.6 Å². The van der Waals surface area contributed by atoms with E-state index in [1.807, 2.05) is 47.5 Å². The van der Waals surface area contributed by atoms with Gasteiger partial charge >= 0.3 is 0 Å². The Morgan fingerprint density at radius 1 is 1.20 bits per heavy atom. The molecule has 1 aliphatic rings. The molecular weight excluding hydrogens is 376 g/mol. The second kappa shape index (κ2) is 8.86. The zero-order chi connectivity index (χ0) is 21.1. The Kier molecular flexibility index (Phi) is 6.02. The second-order valence-corrected chi connectivity index (χ2v) is 8.49. The highest BCUT2D eigenvalue weighted by Crippen LogP contribution is 2.33. The highest BCUT2D eigenvalue weighted by atomic mass is 16.5. The lowest BCUT2D eigenvalue weighted by Gasteiger charge is -2.26. The number of methoxy groups -OCH3 is 1. The summed E-state index contributed by atoms with van der Waals surface area (Å²) in [5, 5.41) is 0. The summed E-state index contributed by atoms with van der Waals surface area (Å²) < 4.78 is 7.52. The first-order valence-electron chi connectivity index (χ1n) is 10.8. The first-order chi connectivity index (χ1) is 14.6. The summed E-state index contributed by atoms with van der Waals surface area (Å²) >= 11 is 0. The van der Waals surface area contributed by atoms with Gasteiger partial charge in [0.25, 0.3) is 5.91 Å². The standard InChI is InChI=1S/C24H30N4O2/c1-17(2)15-27(24(29)18-10-12-20(30-3)13-11-18)16-22-26-21-9-6-14-25-23(21)28(22)19-7-4-5-8-19/h6,9-14,17,19H,4-5,7-8,15-16H2,1-3H3. The van der Waals surface area contributed by atoms with Gasteiger partial charge in [-0.15, -0.1) is 0 Å². The van der Waals surface area contributed by atoms with Crippen molar-refractivity contribution in [2.24, 2.45) is 5.92 Å². The molecule has 2 heterocycles. The summed E-state index contributed by atoms with van der Waals surface area (Å²) in [5.74, 6) is 2.05. The lowest BCUT2D eigenvalue weighted by Crippen LogP contribution is -2.35. The van der Waals surface area contributed by atoms with Crippen molar-refractivity contribution >= 4 is 17.1 Å². The molecule has 0 atom stereocenters. The SMILES string of the molecule is COc1ccc(C(=O)N(Cc2nc3cccnc3n2C2CCCC2)CC(C)C)cc1. The number of nitrogens with zero attached hydrogens (tertiary/aromatic N) is 4. The van der Waals surface area contributed by atoms with Crippen molar-refractivity contribution in [2.45, 2.75) is 52.1 Å². The van der Waals surface area contributed by atoms with Gasteiger partial charge in [0.2, 0.25) is 0 Å². The van der Waals surface area contributed by atoms with Gasteiger partial charge in [-0.05, 0) is 55.2 Å². The number of aromatic nitrogens is 3. The van der Waals surface area contributed by atoms with Gasteiger partial charge in [-0.25, -0.2) is 9.97 Å². The van der Waals surface area contributed by atoms with Gasteiger partial charge in [-0.3, -0.25) is 4.79 Å². The van der Waals surface area contributed by atoms with E-state index >= 15 is 0 Å². The minimum absolute atomic E-state index is 0.0179.